The molecule has 0 radical (unpaired) electrons. The van der Waals surface area contributed by atoms with Crippen LogP contribution in [-0.4, -0.2) is 53.9 Å². The molecule has 0 saturated carbocycles. The normalized spacial score (nSPS) is 18.1. The van der Waals surface area contributed by atoms with Crippen molar-refractivity contribution in [2.45, 2.75) is 33.0 Å². The van der Waals surface area contributed by atoms with Gasteiger partial charge in [0.05, 0.1) is 6.92 Å². The molecule has 37 heavy (non-hydrogen) atoms. The number of imide groups is 3. The summed E-state index contributed by atoms with van der Waals surface area (Å²) >= 11 is 0. The highest BCUT2D eigenvalue weighted by Crippen LogP contribution is 2.29. The van der Waals surface area contributed by atoms with E-state index in [-0.39, 0.29) is 32.3 Å². The quantitative estimate of drug-likeness (QED) is 0.132. The molecule has 0 aromatic heterocycles. The van der Waals surface area contributed by atoms with Gasteiger partial charge in [0, 0.05) is 6.54 Å². The van der Waals surface area contributed by atoms with E-state index in [1.165, 1.54) is 6.92 Å². The second kappa shape index (κ2) is 13.1. The Morgan fingerprint density at radius 2 is 1.46 bits per heavy atom. The summed E-state index contributed by atoms with van der Waals surface area (Å²) in [6.07, 6.45) is -0.469. The van der Waals surface area contributed by atoms with Gasteiger partial charge in [-0.15, -0.1) is 4.48 Å². The molecule has 11 nitrogen and oxygen atoms in total. The van der Waals surface area contributed by atoms with Crippen molar-refractivity contribution in [3.63, 3.8) is 0 Å². The first-order valence-corrected chi connectivity index (χ1v) is 11.7. The van der Waals surface area contributed by atoms with Crippen molar-refractivity contribution in [1.82, 2.24) is 10.6 Å². The number of β-lactam (4-membered cyclic amide) rings is 1. The van der Waals surface area contributed by atoms with Crippen LogP contribution in [0.15, 0.2) is 65.7 Å². The molecule has 2 atom stereocenters. The second-order valence-electron chi connectivity index (χ2n) is 8.46. The van der Waals surface area contributed by atoms with Crippen LogP contribution in [0.4, 0.5) is 9.59 Å². The van der Waals surface area contributed by atoms with Gasteiger partial charge in [-0.25, -0.2) is 24.0 Å². The number of hydrogen-bond donors (Lipinski definition) is 2. The largest absolute Gasteiger partial charge is 0.444 e. The molecule has 0 bridgehead atoms. The van der Waals surface area contributed by atoms with E-state index in [0.717, 1.165) is 11.1 Å². The van der Waals surface area contributed by atoms with Crippen molar-refractivity contribution >= 4 is 36.4 Å². The first kappa shape index (κ1) is 27.2. The highest BCUT2D eigenvalue weighted by Gasteiger charge is 2.58. The van der Waals surface area contributed by atoms with Gasteiger partial charge in [0.2, 0.25) is 5.96 Å². The number of benzene rings is 2. The fourth-order valence-electron chi connectivity index (χ4n) is 3.75. The molecule has 194 valence electrons. The van der Waals surface area contributed by atoms with Gasteiger partial charge < -0.3 is 9.47 Å². The Hall–Kier alpha value is -4.38. The molecular weight excluding hydrogens is 480 g/mol. The number of quaternary nitrogens is 1. The number of carbonyl (C=O) groups excluding carboxylic acids is 5. The number of guanidine groups is 1. The van der Waals surface area contributed by atoms with Crippen molar-refractivity contribution in [3.8, 4) is 0 Å². The van der Waals surface area contributed by atoms with E-state index in [2.05, 4.69) is 15.6 Å². The minimum Gasteiger partial charge on any atom is -0.444 e. The minimum atomic E-state index is -0.824. The first-order valence-electron chi connectivity index (χ1n) is 11.7. The van der Waals surface area contributed by atoms with Crippen LogP contribution in [0.1, 0.15) is 30.9 Å². The van der Waals surface area contributed by atoms with Crippen LogP contribution in [0, 0.1) is 5.92 Å². The van der Waals surface area contributed by atoms with Crippen molar-refractivity contribution in [2.75, 3.05) is 13.1 Å². The number of nitrogens with one attached hydrogen (secondary N) is 2. The van der Waals surface area contributed by atoms with Crippen LogP contribution in [-0.2, 0) is 37.1 Å². The lowest BCUT2D eigenvalue weighted by Crippen LogP contribution is -2.69. The number of aliphatic imine (C=N–C) groups is 1. The number of likely N-dealkylation sites (tertiary alicyclic amines) is 1. The van der Waals surface area contributed by atoms with Gasteiger partial charge in [-0.2, -0.15) is 0 Å². The molecule has 1 fully saturated rings. The maximum absolute atomic E-state index is 12.3. The van der Waals surface area contributed by atoms with Crippen LogP contribution in [0.2, 0.25) is 0 Å². The topological polar surface area (TPSA) is 140 Å². The van der Waals surface area contributed by atoms with Gasteiger partial charge in [-0.3, -0.25) is 15.6 Å². The van der Waals surface area contributed by atoms with E-state index in [1.54, 1.807) is 24.3 Å². The Balaban J connectivity index is 1.53. The minimum absolute atomic E-state index is 0.0229. The Morgan fingerprint density at radius 1 is 0.946 bits per heavy atom. The van der Waals surface area contributed by atoms with Crippen molar-refractivity contribution < 1.29 is 37.9 Å². The molecule has 0 aliphatic carbocycles. The third kappa shape index (κ3) is 7.55. The van der Waals surface area contributed by atoms with Crippen LogP contribution in [0.3, 0.4) is 0 Å². The standard InChI is InChI=1S/C26H28N4O7/c1-19(32)30(18-31)15-22(23(30)33)13-8-14-27-24(28-25(34)36-16-20-9-4-2-5-10-20)29-26(35)37-17-21-11-6-3-7-12-21/h2-7,9-12,18,22H,8,13-17H2,1H3,(H-,27,28,29,34,35)/p+1/t22-,30+/m1/s1. The third-order valence-corrected chi connectivity index (χ3v) is 5.84. The van der Waals surface area contributed by atoms with Gasteiger partial charge in [0.25, 0.3) is 0 Å². The van der Waals surface area contributed by atoms with Gasteiger partial charge in [0.15, 0.2) is 0 Å². The summed E-state index contributed by atoms with van der Waals surface area (Å²) in [5.74, 6) is -1.54. The van der Waals surface area contributed by atoms with Crippen molar-refractivity contribution in [3.05, 3.63) is 71.8 Å². The number of ether oxygens (including phenoxy) is 2. The SMILES string of the molecule is CC(=O)[N@@+]1(C=O)C[C@@H](CCCN=C(NC(=O)OCc2ccccc2)NC(=O)OCc2ccccc2)C1=O. The summed E-state index contributed by atoms with van der Waals surface area (Å²) in [7, 11) is 0. The highest BCUT2D eigenvalue weighted by atomic mass is 16.6. The summed E-state index contributed by atoms with van der Waals surface area (Å²) in [4.78, 5) is 63.9. The molecule has 1 saturated heterocycles. The summed E-state index contributed by atoms with van der Waals surface area (Å²) in [6.45, 7) is 1.54. The van der Waals surface area contributed by atoms with Gasteiger partial charge in [-0.05, 0) is 24.0 Å². The van der Waals surface area contributed by atoms with Crippen LogP contribution in [0.25, 0.3) is 0 Å². The van der Waals surface area contributed by atoms with Gasteiger partial charge >= 0.3 is 30.4 Å². The number of amides is 5. The zero-order valence-electron chi connectivity index (χ0n) is 20.4. The van der Waals surface area contributed by atoms with E-state index >= 15 is 0 Å². The fraction of sp³-hybridized carbons (Fsp3) is 0.308. The second-order valence-corrected chi connectivity index (χ2v) is 8.46. The Bertz CT molecular complexity index is 1090. The molecule has 0 unspecified atom stereocenters. The molecule has 5 amide bonds. The summed E-state index contributed by atoms with van der Waals surface area (Å²) in [6, 6.07) is 18.1. The number of alkyl carbamates (subject to hydrolysis) is 2. The molecule has 2 aromatic rings. The lowest BCUT2D eigenvalue weighted by atomic mass is 9.90. The lowest BCUT2D eigenvalue weighted by Gasteiger charge is -2.38. The van der Waals surface area contributed by atoms with Crippen LogP contribution in [0.5, 0.6) is 0 Å². The summed E-state index contributed by atoms with van der Waals surface area (Å²) < 4.78 is 9.57. The average Bonchev–Trinajstić information content (AvgIpc) is 2.90. The number of hydrogen-bond acceptors (Lipinski definition) is 8. The maximum atomic E-state index is 12.3. The predicted octanol–water partition coefficient (Wildman–Crippen LogP) is 2.65. The molecule has 11 heteroatoms. The van der Waals surface area contributed by atoms with E-state index in [1.807, 2.05) is 36.4 Å². The Morgan fingerprint density at radius 3 is 1.89 bits per heavy atom. The molecule has 2 N–H and O–H groups in total. The molecule has 3 rings (SSSR count). The molecule has 1 heterocycles. The predicted molar refractivity (Wildman–Crippen MR) is 131 cm³/mol. The zero-order chi connectivity index (χ0) is 26.7. The average molecular weight is 510 g/mol. The monoisotopic (exact) mass is 509 g/mol. The smallest absolute Gasteiger partial charge is 0.414 e. The third-order valence-electron chi connectivity index (χ3n) is 5.84. The first-order chi connectivity index (χ1) is 17.8. The maximum Gasteiger partial charge on any atom is 0.414 e. The Labute approximate surface area is 214 Å². The van der Waals surface area contributed by atoms with Crippen LogP contribution >= 0.6 is 0 Å². The highest BCUT2D eigenvalue weighted by molar-refractivity contribution is 6.01. The zero-order valence-corrected chi connectivity index (χ0v) is 20.4. The number of rotatable bonds is 9. The fourth-order valence-corrected chi connectivity index (χ4v) is 3.75. The lowest BCUT2D eigenvalue weighted by molar-refractivity contribution is -0.732. The summed E-state index contributed by atoms with van der Waals surface area (Å²) in [5, 5.41) is 4.79. The molecule has 2 aromatic carbocycles. The van der Waals surface area contributed by atoms with Crippen molar-refractivity contribution in [1.29, 1.82) is 0 Å². The molecule has 1 aliphatic heterocycles. The molecular formula is C26H29N4O7+. The van der Waals surface area contributed by atoms with Gasteiger partial charge in [-0.1, -0.05) is 60.7 Å². The van der Waals surface area contributed by atoms with Crippen LogP contribution < -0.4 is 10.6 Å². The van der Waals surface area contributed by atoms with E-state index in [0.29, 0.717) is 19.3 Å². The number of nitrogens with zero attached hydrogens (tertiary/aromatic N) is 2. The van der Waals surface area contributed by atoms with E-state index < -0.39 is 34.4 Å². The van der Waals surface area contributed by atoms with E-state index in [4.69, 9.17) is 9.47 Å². The van der Waals surface area contributed by atoms with Gasteiger partial charge in [0.1, 0.15) is 25.7 Å². The Kier molecular flexibility index (Phi) is 9.61. The molecule has 0 spiro atoms. The number of carbonyl (C=O) groups is 5. The van der Waals surface area contributed by atoms with E-state index in [9.17, 15) is 24.0 Å². The van der Waals surface area contributed by atoms with Crippen molar-refractivity contribution in [2.24, 2.45) is 10.9 Å². The molecule has 1 aliphatic rings. The summed E-state index contributed by atoms with van der Waals surface area (Å²) in [5.41, 5.74) is 1.57.